The molecule has 0 saturated carbocycles. The smallest absolute Gasteiger partial charge is 0.390 e. The molecule has 15 heavy (non-hydrogen) atoms. The van der Waals surface area contributed by atoms with E-state index in [1.165, 1.54) is 0 Å². The zero-order valence-electron chi connectivity index (χ0n) is 8.76. The van der Waals surface area contributed by atoms with Gasteiger partial charge in [-0.25, -0.2) is 0 Å². The monoisotopic (exact) mass is 225 g/mol. The molecule has 0 aliphatic carbocycles. The van der Waals surface area contributed by atoms with Crippen molar-refractivity contribution in [3.8, 4) is 0 Å². The van der Waals surface area contributed by atoms with Crippen molar-refractivity contribution < 1.29 is 18.3 Å². The van der Waals surface area contributed by atoms with Crippen LogP contribution in [-0.2, 0) is 0 Å². The molecule has 90 valence electrons. The lowest BCUT2D eigenvalue weighted by atomic mass is 9.94. The van der Waals surface area contributed by atoms with E-state index in [0.717, 1.165) is 32.4 Å². The predicted molar refractivity (Wildman–Crippen MR) is 51.5 cm³/mol. The van der Waals surface area contributed by atoms with Crippen molar-refractivity contribution in [2.45, 2.75) is 31.9 Å². The third-order valence-electron chi connectivity index (χ3n) is 2.96. The molecule has 0 aromatic heterocycles. The van der Waals surface area contributed by atoms with Gasteiger partial charge in [0.15, 0.2) is 0 Å². The molecular formula is C10H18F3NO. The highest BCUT2D eigenvalue weighted by molar-refractivity contribution is 4.72. The van der Waals surface area contributed by atoms with Gasteiger partial charge in [0.25, 0.3) is 0 Å². The summed E-state index contributed by atoms with van der Waals surface area (Å²) in [7, 11) is 0. The summed E-state index contributed by atoms with van der Waals surface area (Å²) in [4.78, 5) is 1.86. The molecule has 0 aromatic rings. The molecular weight excluding hydrogens is 207 g/mol. The standard InChI is InChI=1S/C10H18F3NO/c11-10(12,13)4-7-14-5-1-9(2-6-14)3-8-15/h9,15H,1-8H2. The normalized spacial score (nSPS) is 20.8. The summed E-state index contributed by atoms with van der Waals surface area (Å²) in [5, 5.41) is 8.73. The van der Waals surface area contributed by atoms with Crippen LogP contribution in [0.15, 0.2) is 0 Å². The Bertz CT molecular complexity index is 176. The topological polar surface area (TPSA) is 23.5 Å². The molecule has 0 aromatic carbocycles. The van der Waals surface area contributed by atoms with Crippen molar-refractivity contribution in [2.24, 2.45) is 5.92 Å². The highest BCUT2D eigenvalue weighted by atomic mass is 19.4. The lowest BCUT2D eigenvalue weighted by Crippen LogP contribution is -2.36. The third-order valence-corrected chi connectivity index (χ3v) is 2.96. The largest absolute Gasteiger partial charge is 0.396 e. The van der Waals surface area contributed by atoms with E-state index in [2.05, 4.69) is 0 Å². The van der Waals surface area contributed by atoms with Crippen LogP contribution >= 0.6 is 0 Å². The number of hydrogen-bond donors (Lipinski definition) is 1. The molecule has 0 amide bonds. The van der Waals surface area contributed by atoms with Crippen molar-refractivity contribution in [3.63, 3.8) is 0 Å². The summed E-state index contributed by atoms with van der Waals surface area (Å²) in [6.45, 7) is 1.78. The number of halogens is 3. The van der Waals surface area contributed by atoms with Gasteiger partial charge in [0.1, 0.15) is 0 Å². The molecule has 5 heteroatoms. The molecule has 1 aliphatic rings. The molecule has 1 heterocycles. The van der Waals surface area contributed by atoms with E-state index in [1.54, 1.807) is 0 Å². The van der Waals surface area contributed by atoms with Crippen molar-refractivity contribution >= 4 is 0 Å². The minimum Gasteiger partial charge on any atom is -0.396 e. The quantitative estimate of drug-likeness (QED) is 0.791. The summed E-state index contributed by atoms with van der Waals surface area (Å²) < 4.78 is 35.8. The molecule has 1 saturated heterocycles. The molecule has 1 fully saturated rings. The first-order chi connectivity index (χ1) is 7.01. The molecule has 0 unspecified atom stereocenters. The summed E-state index contributed by atoms with van der Waals surface area (Å²) >= 11 is 0. The summed E-state index contributed by atoms with van der Waals surface area (Å²) in [6.07, 6.45) is -2.14. The number of aliphatic hydroxyl groups is 1. The Kier molecular flexibility index (Phi) is 4.86. The van der Waals surface area contributed by atoms with Gasteiger partial charge in [-0.1, -0.05) is 0 Å². The van der Waals surface area contributed by atoms with Crippen molar-refractivity contribution in [1.29, 1.82) is 0 Å². The Morgan fingerprint density at radius 1 is 1.20 bits per heavy atom. The van der Waals surface area contributed by atoms with Crippen LogP contribution in [0.25, 0.3) is 0 Å². The van der Waals surface area contributed by atoms with Gasteiger partial charge in [-0.2, -0.15) is 13.2 Å². The molecule has 1 aliphatic heterocycles. The maximum absolute atomic E-state index is 11.9. The molecule has 1 N–H and O–H groups in total. The van der Waals surface area contributed by atoms with Gasteiger partial charge in [-0.15, -0.1) is 0 Å². The maximum atomic E-state index is 11.9. The van der Waals surface area contributed by atoms with E-state index in [9.17, 15) is 13.2 Å². The van der Waals surface area contributed by atoms with Crippen LogP contribution in [0.4, 0.5) is 13.2 Å². The maximum Gasteiger partial charge on any atom is 0.390 e. The molecule has 0 spiro atoms. The van der Waals surface area contributed by atoms with E-state index in [-0.39, 0.29) is 13.2 Å². The lowest BCUT2D eigenvalue weighted by molar-refractivity contribution is -0.138. The van der Waals surface area contributed by atoms with E-state index in [1.807, 2.05) is 4.90 Å². The molecule has 0 atom stereocenters. The van der Waals surface area contributed by atoms with Gasteiger partial charge < -0.3 is 10.0 Å². The van der Waals surface area contributed by atoms with Crippen molar-refractivity contribution in [2.75, 3.05) is 26.2 Å². The van der Waals surface area contributed by atoms with Crippen LogP contribution in [0.1, 0.15) is 25.7 Å². The number of hydrogen-bond acceptors (Lipinski definition) is 2. The second-order valence-corrected chi connectivity index (χ2v) is 4.16. The number of nitrogens with zero attached hydrogens (tertiary/aromatic N) is 1. The zero-order valence-corrected chi connectivity index (χ0v) is 8.76. The summed E-state index contributed by atoms with van der Waals surface area (Å²) in [5.41, 5.74) is 0. The molecule has 0 radical (unpaired) electrons. The average molecular weight is 225 g/mol. The molecule has 0 bridgehead atoms. The highest BCUT2D eigenvalue weighted by Gasteiger charge is 2.28. The first kappa shape index (κ1) is 12.8. The summed E-state index contributed by atoms with van der Waals surface area (Å²) in [5.74, 6) is 0.497. The van der Waals surface area contributed by atoms with Crippen molar-refractivity contribution in [3.05, 3.63) is 0 Å². The minimum absolute atomic E-state index is 0.120. The fraction of sp³-hybridized carbons (Fsp3) is 1.00. The van der Waals surface area contributed by atoms with Gasteiger partial charge >= 0.3 is 6.18 Å². The first-order valence-corrected chi connectivity index (χ1v) is 5.41. The van der Waals surface area contributed by atoms with E-state index in [4.69, 9.17) is 5.11 Å². The van der Waals surface area contributed by atoms with Gasteiger partial charge in [-0.3, -0.25) is 0 Å². The fourth-order valence-corrected chi connectivity index (χ4v) is 1.97. The van der Waals surface area contributed by atoms with Crippen LogP contribution in [0.3, 0.4) is 0 Å². The summed E-state index contributed by atoms with van der Waals surface area (Å²) in [6, 6.07) is 0. The molecule has 2 nitrogen and oxygen atoms in total. The van der Waals surface area contributed by atoms with E-state index >= 15 is 0 Å². The van der Waals surface area contributed by atoms with Gasteiger partial charge in [0.05, 0.1) is 6.42 Å². The zero-order chi connectivity index (χ0) is 11.3. The number of aliphatic hydroxyl groups excluding tert-OH is 1. The van der Waals surface area contributed by atoms with Gasteiger partial charge in [-0.05, 0) is 38.3 Å². The highest BCUT2D eigenvalue weighted by Crippen LogP contribution is 2.23. The van der Waals surface area contributed by atoms with Crippen LogP contribution in [0, 0.1) is 5.92 Å². The predicted octanol–water partition coefficient (Wildman–Crippen LogP) is 2.03. The second kappa shape index (κ2) is 5.70. The SMILES string of the molecule is OCCC1CCN(CCC(F)(F)F)CC1. The minimum atomic E-state index is -4.04. The number of rotatable bonds is 4. The second-order valence-electron chi connectivity index (χ2n) is 4.16. The van der Waals surface area contributed by atoms with E-state index < -0.39 is 12.6 Å². The van der Waals surface area contributed by atoms with Crippen LogP contribution in [0.5, 0.6) is 0 Å². The van der Waals surface area contributed by atoms with E-state index in [0.29, 0.717) is 5.92 Å². The first-order valence-electron chi connectivity index (χ1n) is 5.41. The van der Waals surface area contributed by atoms with Crippen LogP contribution < -0.4 is 0 Å². The van der Waals surface area contributed by atoms with Crippen molar-refractivity contribution in [1.82, 2.24) is 4.90 Å². The average Bonchev–Trinajstić information content (AvgIpc) is 2.16. The Hall–Kier alpha value is -0.290. The number of alkyl halides is 3. The fourth-order valence-electron chi connectivity index (χ4n) is 1.97. The Morgan fingerprint density at radius 3 is 2.27 bits per heavy atom. The van der Waals surface area contributed by atoms with Crippen LogP contribution in [0.2, 0.25) is 0 Å². The van der Waals surface area contributed by atoms with Gasteiger partial charge in [0, 0.05) is 13.2 Å². The number of piperidine rings is 1. The lowest BCUT2D eigenvalue weighted by Gasteiger charge is -2.31. The van der Waals surface area contributed by atoms with Crippen LogP contribution in [-0.4, -0.2) is 42.4 Å². The Labute approximate surface area is 88.1 Å². The Morgan fingerprint density at radius 2 is 1.80 bits per heavy atom. The molecule has 1 rings (SSSR count). The Balaban J connectivity index is 2.15. The third kappa shape index (κ3) is 5.37. The van der Waals surface area contributed by atoms with Gasteiger partial charge in [0.2, 0.25) is 0 Å². The number of likely N-dealkylation sites (tertiary alicyclic amines) is 1.